The Bertz CT molecular complexity index is 1140. The van der Waals surface area contributed by atoms with Gasteiger partial charge in [0.05, 0.1) is 26.0 Å². The zero-order valence-electron chi connectivity index (χ0n) is 21.9. The van der Waals surface area contributed by atoms with Gasteiger partial charge in [0.25, 0.3) is 0 Å². The van der Waals surface area contributed by atoms with E-state index in [4.69, 9.17) is 9.47 Å². The van der Waals surface area contributed by atoms with Gasteiger partial charge in [-0.15, -0.1) is 0 Å². The summed E-state index contributed by atoms with van der Waals surface area (Å²) in [5.41, 5.74) is 6.88. The molecule has 7 heteroatoms. The maximum Gasteiger partial charge on any atom is 0.241 e. The molecular formula is C30H36N4O3. The number of hydrazone groups is 1. The predicted molar refractivity (Wildman–Crippen MR) is 147 cm³/mol. The van der Waals surface area contributed by atoms with Crippen molar-refractivity contribution in [1.82, 2.24) is 15.2 Å². The molecule has 0 unspecified atom stereocenters. The number of nitrogens with one attached hydrogen (secondary N) is 1. The first-order valence-corrected chi connectivity index (χ1v) is 12.7. The second-order valence-corrected chi connectivity index (χ2v) is 9.15. The van der Waals surface area contributed by atoms with Crippen molar-refractivity contribution in [1.29, 1.82) is 0 Å². The Balaban J connectivity index is 1.28. The first-order valence-electron chi connectivity index (χ1n) is 12.7. The van der Waals surface area contributed by atoms with Crippen molar-refractivity contribution in [3.05, 3.63) is 95.6 Å². The van der Waals surface area contributed by atoms with Crippen molar-refractivity contribution in [2.75, 3.05) is 46.9 Å². The molecule has 1 fully saturated rings. The molecule has 7 nitrogen and oxygen atoms in total. The Hall–Kier alpha value is -3.68. The van der Waals surface area contributed by atoms with Gasteiger partial charge in [-0.25, -0.2) is 5.43 Å². The molecule has 0 saturated carbocycles. The Morgan fingerprint density at radius 2 is 1.46 bits per heavy atom. The number of amides is 1. The molecule has 0 aromatic heterocycles. The summed E-state index contributed by atoms with van der Waals surface area (Å²) in [5.74, 6) is 1.19. The van der Waals surface area contributed by atoms with Crippen molar-refractivity contribution in [2.45, 2.75) is 19.4 Å². The van der Waals surface area contributed by atoms with Gasteiger partial charge in [-0.1, -0.05) is 60.7 Å². The SMILES string of the molecule is COc1ccc(/C(C)=N\NC(=O)CCN2CCN(C(c3ccccc3)c3ccccc3)CC2)cc1OC. The van der Waals surface area contributed by atoms with E-state index in [0.717, 1.165) is 31.7 Å². The number of hydrogen-bond donors (Lipinski definition) is 1. The summed E-state index contributed by atoms with van der Waals surface area (Å²) in [7, 11) is 3.20. The van der Waals surface area contributed by atoms with Crippen molar-refractivity contribution in [3.8, 4) is 11.5 Å². The Kier molecular flexibility index (Phi) is 9.29. The molecule has 3 aromatic carbocycles. The van der Waals surface area contributed by atoms with Crippen molar-refractivity contribution in [3.63, 3.8) is 0 Å². The highest BCUT2D eigenvalue weighted by Crippen LogP contribution is 2.30. The Labute approximate surface area is 219 Å². The van der Waals surface area contributed by atoms with Gasteiger partial charge in [-0.3, -0.25) is 9.69 Å². The molecule has 1 N–H and O–H groups in total. The summed E-state index contributed by atoms with van der Waals surface area (Å²) in [6, 6.07) is 27.2. The van der Waals surface area contributed by atoms with E-state index < -0.39 is 0 Å². The van der Waals surface area contributed by atoms with Crippen molar-refractivity contribution >= 4 is 11.6 Å². The molecule has 1 aliphatic rings. The highest BCUT2D eigenvalue weighted by molar-refractivity contribution is 5.99. The maximum atomic E-state index is 12.5. The molecule has 0 radical (unpaired) electrons. The Morgan fingerprint density at radius 1 is 0.865 bits per heavy atom. The number of methoxy groups -OCH3 is 2. The summed E-state index contributed by atoms with van der Waals surface area (Å²) in [6.45, 7) is 6.33. The van der Waals surface area contributed by atoms with Crippen LogP contribution in [0.4, 0.5) is 0 Å². The average Bonchev–Trinajstić information content (AvgIpc) is 2.96. The second-order valence-electron chi connectivity index (χ2n) is 9.15. The quantitative estimate of drug-likeness (QED) is 0.331. The van der Waals surface area contributed by atoms with Crippen LogP contribution in [0.5, 0.6) is 11.5 Å². The van der Waals surface area contributed by atoms with E-state index in [1.807, 2.05) is 25.1 Å². The molecule has 0 bridgehead atoms. The number of hydrogen-bond acceptors (Lipinski definition) is 6. The zero-order chi connectivity index (χ0) is 26.0. The lowest BCUT2D eigenvalue weighted by molar-refractivity contribution is -0.121. The van der Waals surface area contributed by atoms with Crippen LogP contribution in [0.25, 0.3) is 0 Å². The van der Waals surface area contributed by atoms with Crippen LogP contribution in [0, 0.1) is 0 Å². The fourth-order valence-corrected chi connectivity index (χ4v) is 4.72. The normalized spacial score (nSPS) is 15.0. The van der Waals surface area contributed by atoms with Gasteiger partial charge < -0.3 is 14.4 Å². The number of nitrogens with zero attached hydrogens (tertiary/aromatic N) is 3. The second kappa shape index (κ2) is 13.0. The monoisotopic (exact) mass is 500 g/mol. The lowest BCUT2D eigenvalue weighted by atomic mass is 9.96. The van der Waals surface area contributed by atoms with Crippen LogP contribution >= 0.6 is 0 Å². The molecule has 1 aliphatic heterocycles. The fraction of sp³-hybridized carbons (Fsp3) is 0.333. The third kappa shape index (κ3) is 6.96. The van der Waals surface area contributed by atoms with E-state index in [-0.39, 0.29) is 11.9 Å². The zero-order valence-corrected chi connectivity index (χ0v) is 21.9. The van der Waals surface area contributed by atoms with Gasteiger partial charge in [0.15, 0.2) is 11.5 Å². The lowest BCUT2D eigenvalue weighted by Crippen LogP contribution is -2.48. The van der Waals surface area contributed by atoms with Gasteiger partial charge in [0, 0.05) is 44.7 Å². The molecule has 0 aliphatic carbocycles. The van der Waals surface area contributed by atoms with Crippen LogP contribution in [-0.2, 0) is 4.79 Å². The highest BCUT2D eigenvalue weighted by atomic mass is 16.5. The van der Waals surface area contributed by atoms with Gasteiger partial charge in [-0.2, -0.15) is 5.10 Å². The number of carbonyl (C=O) groups excluding carboxylic acids is 1. The van der Waals surface area contributed by atoms with Gasteiger partial charge in [-0.05, 0) is 36.2 Å². The molecular weight excluding hydrogens is 464 g/mol. The van der Waals surface area contributed by atoms with Crippen LogP contribution < -0.4 is 14.9 Å². The number of ether oxygens (including phenoxy) is 2. The number of benzene rings is 3. The lowest BCUT2D eigenvalue weighted by Gasteiger charge is -2.39. The first kappa shape index (κ1) is 26.4. The summed E-state index contributed by atoms with van der Waals surface area (Å²) in [5, 5.41) is 4.29. The molecule has 1 saturated heterocycles. The van der Waals surface area contributed by atoms with E-state index in [2.05, 4.69) is 81.0 Å². The molecule has 37 heavy (non-hydrogen) atoms. The number of piperazine rings is 1. The number of rotatable bonds is 10. The van der Waals surface area contributed by atoms with Crippen molar-refractivity contribution < 1.29 is 14.3 Å². The molecule has 0 spiro atoms. The van der Waals surface area contributed by atoms with Crippen LogP contribution in [0.1, 0.15) is 36.1 Å². The van der Waals surface area contributed by atoms with E-state index in [1.165, 1.54) is 11.1 Å². The van der Waals surface area contributed by atoms with E-state index in [9.17, 15) is 4.79 Å². The third-order valence-electron chi connectivity index (χ3n) is 6.81. The van der Waals surface area contributed by atoms with E-state index in [0.29, 0.717) is 30.2 Å². The molecule has 1 amide bonds. The average molecular weight is 501 g/mol. The van der Waals surface area contributed by atoms with E-state index >= 15 is 0 Å². The van der Waals surface area contributed by atoms with Gasteiger partial charge in [0.2, 0.25) is 5.91 Å². The first-order chi connectivity index (χ1) is 18.1. The Morgan fingerprint density at radius 3 is 2.03 bits per heavy atom. The minimum atomic E-state index is -0.0892. The minimum Gasteiger partial charge on any atom is -0.493 e. The summed E-state index contributed by atoms with van der Waals surface area (Å²) < 4.78 is 10.6. The maximum absolute atomic E-state index is 12.5. The van der Waals surface area contributed by atoms with Crippen molar-refractivity contribution in [2.24, 2.45) is 5.10 Å². The standard InChI is InChI=1S/C30H36N4O3/c1-23(26-14-15-27(36-2)28(22-26)37-3)31-32-29(35)16-17-33-18-20-34(21-19-33)30(24-10-6-4-7-11-24)25-12-8-5-9-13-25/h4-15,22,30H,16-21H2,1-3H3,(H,32,35)/b31-23-. The fourth-order valence-electron chi connectivity index (χ4n) is 4.72. The predicted octanol–water partition coefficient (Wildman–Crippen LogP) is 4.34. The molecule has 4 rings (SSSR count). The summed E-state index contributed by atoms with van der Waals surface area (Å²) in [4.78, 5) is 17.4. The third-order valence-corrected chi connectivity index (χ3v) is 6.81. The number of carbonyl (C=O) groups is 1. The molecule has 0 atom stereocenters. The highest BCUT2D eigenvalue weighted by Gasteiger charge is 2.26. The molecule has 194 valence electrons. The minimum absolute atomic E-state index is 0.0892. The van der Waals surface area contributed by atoms with Gasteiger partial charge in [0.1, 0.15) is 0 Å². The molecule has 1 heterocycles. The smallest absolute Gasteiger partial charge is 0.241 e. The summed E-state index contributed by atoms with van der Waals surface area (Å²) in [6.07, 6.45) is 0.406. The van der Waals surface area contributed by atoms with Crippen LogP contribution in [0.15, 0.2) is 84.0 Å². The van der Waals surface area contributed by atoms with Gasteiger partial charge >= 0.3 is 0 Å². The summed E-state index contributed by atoms with van der Waals surface area (Å²) >= 11 is 0. The van der Waals surface area contributed by atoms with Crippen LogP contribution in [0.3, 0.4) is 0 Å². The largest absolute Gasteiger partial charge is 0.493 e. The van der Waals surface area contributed by atoms with E-state index in [1.54, 1.807) is 14.2 Å². The van der Waals surface area contributed by atoms with Crippen LogP contribution in [0.2, 0.25) is 0 Å². The molecule has 3 aromatic rings. The topological polar surface area (TPSA) is 66.4 Å². The van der Waals surface area contributed by atoms with Crippen LogP contribution in [-0.4, -0.2) is 68.4 Å².